The Hall–Kier alpha value is -4.12. The molecule has 1 amide bonds. The van der Waals surface area contributed by atoms with Gasteiger partial charge < -0.3 is 10.1 Å². The van der Waals surface area contributed by atoms with Crippen LogP contribution in [0.4, 0.5) is 18.9 Å². The van der Waals surface area contributed by atoms with Crippen molar-refractivity contribution in [1.82, 2.24) is 9.78 Å². The van der Waals surface area contributed by atoms with E-state index in [4.69, 9.17) is 4.74 Å². The molecule has 0 saturated carbocycles. The van der Waals surface area contributed by atoms with E-state index in [0.29, 0.717) is 16.9 Å². The Balaban J connectivity index is 1.57. The van der Waals surface area contributed by atoms with Gasteiger partial charge in [-0.05, 0) is 60.5 Å². The van der Waals surface area contributed by atoms with E-state index in [-0.39, 0.29) is 34.5 Å². The highest BCUT2D eigenvalue weighted by atomic mass is 32.2. The van der Waals surface area contributed by atoms with E-state index >= 15 is 0 Å². The lowest BCUT2D eigenvalue weighted by atomic mass is 10.1. The molecule has 0 unspecified atom stereocenters. The van der Waals surface area contributed by atoms with E-state index in [1.807, 2.05) is 6.92 Å². The van der Waals surface area contributed by atoms with Crippen LogP contribution in [0.3, 0.4) is 0 Å². The Kier molecular flexibility index (Phi) is 7.58. The number of hydrogen-bond donors (Lipinski definition) is 1. The van der Waals surface area contributed by atoms with Gasteiger partial charge in [0, 0.05) is 18.0 Å². The molecule has 0 atom stereocenters. The van der Waals surface area contributed by atoms with Gasteiger partial charge in [0.2, 0.25) is 5.91 Å². The van der Waals surface area contributed by atoms with E-state index in [2.05, 4.69) is 10.4 Å². The first-order valence-corrected chi connectivity index (χ1v) is 13.2. The van der Waals surface area contributed by atoms with E-state index in [1.165, 1.54) is 35.0 Å². The molecule has 11 heteroatoms. The number of carbonyl (C=O) groups excluding carboxylic acids is 1. The highest BCUT2D eigenvalue weighted by molar-refractivity contribution is 7.91. The lowest BCUT2D eigenvalue weighted by Crippen LogP contribution is -2.15. The van der Waals surface area contributed by atoms with Crippen molar-refractivity contribution in [3.8, 4) is 17.2 Å². The standard InChI is InChI=1S/C27H24F3N3O4S/c1-3-38(35,36)23-10-7-19(8-11-23)13-26(34)32-21-9-12-24(33-17-18(2)16-31-33)25(15-21)37-22-6-4-5-20(14-22)27(28,29)30/h4-12,14-17H,3,13H2,1-2H3,(H,32,34). The first-order chi connectivity index (χ1) is 17.9. The number of nitrogens with zero attached hydrogens (tertiary/aromatic N) is 2. The fourth-order valence-electron chi connectivity index (χ4n) is 3.64. The van der Waals surface area contributed by atoms with Gasteiger partial charge in [-0.3, -0.25) is 4.79 Å². The number of aromatic nitrogens is 2. The predicted octanol–water partition coefficient (Wildman–Crippen LogP) is 5.97. The molecule has 0 bridgehead atoms. The summed E-state index contributed by atoms with van der Waals surface area (Å²) in [4.78, 5) is 12.9. The van der Waals surface area contributed by atoms with Crippen molar-refractivity contribution in [2.45, 2.75) is 31.3 Å². The fourth-order valence-corrected chi connectivity index (χ4v) is 4.53. The molecule has 4 aromatic rings. The average molecular weight is 544 g/mol. The summed E-state index contributed by atoms with van der Waals surface area (Å²) in [5, 5.41) is 6.99. The minimum Gasteiger partial charge on any atom is -0.455 e. The third kappa shape index (κ3) is 6.41. The monoisotopic (exact) mass is 543 g/mol. The van der Waals surface area contributed by atoms with Crippen LogP contribution in [0.2, 0.25) is 0 Å². The molecule has 38 heavy (non-hydrogen) atoms. The summed E-state index contributed by atoms with van der Waals surface area (Å²) < 4.78 is 70.9. The van der Waals surface area contributed by atoms with Crippen LogP contribution >= 0.6 is 0 Å². The van der Waals surface area contributed by atoms with E-state index in [1.54, 1.807) is 43.6 Å². The Labute approximate surface area is 217 Å². The number of nitrogens with one attached hydrogen (secondary N) is 1. The van der Waals surface area contributed by atoms with Crippen LogP contribution in [0, 0.1) is 6.92 Å². The van der Waals surface area contributed by atoms with Gasteiger partial charge >= 0.3 is 6.18 Å². The largest absolute Gasteiger partial charge is 0.455 e. The van der Waals surface area contributed by atoms with Crippen molar-refractivity contribution in [2.75, 3.05) is 11.1 Å². The summed E-state index contributed by atoms with van der Waals surface area (Å²) in [6.45, 7) is 3.40. The Morgan fingerprint density at radius 1 is 1.05 bits per heavy atom. The minimum atomic E-state index is -4.53. The van der Waals surface area contributed by atoms with E-state index < -0.39 is 21.6 Å². The van der Waals surface area contributed by atoms with Gasteiger partial charge in [-0.25, -0.2) is 13.1 Å². The van der Waals surface area contributed by atoms with Crippen LogP contribution in [0.15, 0.2) is 84.0 Å². The van der Waals surface area contributed by atoms with Crippen molar-refractivity contribution in [1.29, 1.82) is 0 Å². The number of ether oxygens (including phenoxy) is 1. The van der Waals surface area contributed by atoms with Crippen molar-refractivity contribution in [3.63, 3.8) is 0 Å². The predicted molar refractivity (Wildman–Crippen MR) is 136 cm³/mol. The molecule has 0 fully saturated rings. The zero-order chi connectivity index (χ0) is 27.5. The zero-order valence-corrected chi connectivity index (χ0v) is 21.3. The summed E-state index contributed by atoms with van der Waals surface area (Å²) in [5.41, 5.74) is 1.44. The average Bonchev–Trinajstić information content (AvgIpc) is 3.30. The van der Waals surface area contributed by atoms with Gasteiger partial charge in [0.25, 0.3) is 0 Å². The molecule has 7 nitrogen and oxygen atoms in total. The quantitative estimate of drug-likeness (QED) is 0.296. The molecular weight excluding hydrogens is 519 g/mol. The number of anilines is 1. The lowest BCUT2D eigenvalue weighted by molar-refractivity contribution is -0.137. The Bertz CT molecular complexity index is 1560. The number of halogens is 3. The number of hydrogen-bond acceptors (Lipinski definition) is 5. The molecule has 1 N–H and O–H groups in total. The van der Waals surface area contributed by atoms with Gasteiger partial charge in [0.15, 0.2) is 15.6 Å². The second kappa shape index (κ2) is 10.7. The molecule has 3 aromatic carbocycles. The van der Waals surface area contributed by atoms with E-state index in [9.17, 15) is 26.4 Å². The maximum atomic E-state index is 13.2. The van der Waals surface area contributed by atoms with Gasteiger partial charge in [0.05, 0.1) is 28.8 Å². The highest BCUT2D eigenvalue weighted by Crippen LogP contribution is 2.35. The Morgan fingerprint density at radius 2 is 1.79 bits per heavy atom. The normalized spacial score (nSPS) is 11.8. The smallest absolute Gasteiger partial charge is 0.416 e. The van der Waals surface area contributed by atoms with Crippen molar-refractivity contribution in [3.05, 3.63) is 95.8 Å². The second-order valence-corrected chi connectivity index (χ2v) is 10.8. The maximum absolute atomic E-state index is 13.2. The number of amides is 1. The van der Waals surface area contributed by atoms with Gasteiger partial charge in [-0.1, -0.05) is 25.1 Å². The summed E-state index contributed by atoms with van der Waals surface area (Å²) in [5.74, 6) is -0.245. The summed E-state index contributed by atoms with van der Waals surface area (Å²) in [6.07, 6.45) is -1.19. The lowest BCUT2D eigenvalue weighted by Gasteiger charge is -2.15. The summed E-state index contributed by atoms with van der Waals surface area (Å²) in [6, 6.07) is 15.3. The van der Waals surface area contributed by atoms with E-state index in [0.717, 1.165) is 17.7 Å². The molecule has 0 aliphatic rings. The van der Waals surface area contributed by atoms with Crippen LogP contribution in [0.5, 0.6) is 11.5 Å². The second-order valence-electron chi connectivity index (χ2n) is 8.54. The molecule has 1 heterocycles. The molecule has 0 radical (unpaired) electrons. The molecule has 0 aliphatic carbocycles. The highest BCUT2D eigenvalue weighted by Gasteiger charge is 2.30. The molecule has 198 valence electrons. The van der Waals surface area contributed by atoms with Gasteiger partial charge in [-0.2, -0.15) is 18.3 Å². The molecule has 0 aliphatic heterocycles. The van der Waals surface area contributed by atoms with Crippen LogP contribution in [-0.4, -0.2) is 29.9 Å². The van der Waals surface area contributed by atoms with Gasteiger partial charge in [0.1, 0.15) is 11.4 Å². The van der Waals surface area contributed by atoms with Crippen molar-refractivity contribution >= 4 is 21.4 Å². The molecule has 0 saturated heterocycles. The number of alkyl halides is 3. The Morgan fingerprint density at radius 3 is 2.42 bits per heavy atom. The van der Waals surface area contributed by atoms with Crippen molar-refractivity contribution in [2.24, 2.45) is 0 Å². The summed E-state index contributed by atoms with van der Waals surface area (Å²) >= 11 is 0. The third-order valence-electron chi connectivity index (χ3n) is 5.62. The van der Waals surface area contributed by atoms with Gasteiger partial charge in [-0.15, -0.1) is 0 Å². The topological polar surface area (TPSA) is 90.3 Å². The number of aryl methyl sites for hydroxylation is 1. The third-order valence-corrected chi connectivity index (χ3v) is 7.37. The number of benzene rings is 3. The summed E-state index contributed by atoms with van der Waals surface area (Å²) in [7, 11) is -3.34. The first kappa shape index (κ1) is 26.9. The fraction of sp³-hybridized carbons (Fsp3) is 0.185. The first-order valence-electron chi connectivity index (χ1n) is 11.6. The van der Waals surface area contributed by atoms with Crippen LogP contribution in [0.1, 0.15) is 23.6 Å². The number of sulfone groups is 1. The van der Waals surface area contributed by atoms with Crippen LogP contribution in [-0.2, 0) is 27.2 Å². The molecule has 1 aromatic heterocycles. The molecule has 4 rings (SSSR count). The van der Waals surface area contributed by atoms with Crippen molar-refractivity contribution < 1.29 is 31.1 Å². The SMILES string of the molecule is CCS(=O)(=O)c1ccc(CC(=O)Nc2ccc(-n3cc(C)cn3)c(Oc3cccc(C(F)(F)F)c3)c2)cc1. The minimum absolute atomic E-state index is 0.0175. The zero-order valence-electron chi connectivity index (χ0n) is 20.5. The van der Waals surface area contributed by atoms with Crippen LogP contribution < -0.4 is 10.1 Å². The van der Waals surface area contributed by atoms with Crippen LogP contribution in [0.25, 0.3) is 5.69 Å². The number of rotatable bonds is 8. The molecule has 0 spiro atoms. The maximum Gasteiger partial charge on any atom is 0.416 e. The molecular formula is C27H24F3N3O4S. The number of carbonyl (C=O) groups is 1.